The maximum atomic E-state index is 11.4. The summed E-state index contributed by atoms with van der Waals surface area (Å²) in [5.41, 5.74) is 3.86. The van der Waals surface area contributed by atoms with Crippen LogP contribution in [0.5, 0.6) is 0 Å². The molecule has 0 unspecified atom stereocenters. The van der Waals surface area contributed by atoms with Crippen LogP contribution in [-0.2, 0) is 0 Å². The number of aromatic nitrogens is 2. The van der Waals surface area contributed by atoms with Gasteiger partial charge < -0.3 is 5.11 Å². The van der Waals surface area contributed by atoms with E-state index in [1.807, 2.05) is 45.9 Å². The summed E-state index contributed by atoms with van der Waals surface area (Å²) in [7, 11) is 0. The lowest BCUT2D eigenvalue weighted by Crippen LogP contribution is -2.01. The van der Waals surface area contributed by atoms with Crippen molar-refractivity contribution in [1.29, 1.82) is 0 Å². The highest BCUT2D eigenvalue weighted by atomic mass is 16.4. The van der Waals surface area contributed by atoms with Crippen molar-refractivity contribution in [2.45, 2.75) is 33.7 Å². The van der Waals surface area contributed by atoms with Gasteiger partial charge in [-0.1, -0.05) is 23.8 Å². The number of rotatable bonds is 3. The van der Waals surface area contributed by atoms with E-state index in [4.69, 9.17) is 0 Å². The molecule has 1 heterocycles. The highest BCUT2D eigenvalue weighted by molar-refractivity contribution is 5.95. The van der Waals surface area contributed by atoms with Crippen LogP contribution >= 0.6 is 0 Å². The summed E-state index contributed by atoms with van der Waals surface area (Å²) >= 11 is 0. The topological polar surface area (TPSA) is 55.1 Å². The van der Waals surface area contributed by atoms with Crippen molar-refractivity contribution in [1.82, 2.24) is 9.78 Å². The van der Waals surface area contributed by atoms with Gasteiger partial charge in [-0.3, -0.25) is 4.68 Å². The smallest absolute Gasteiger partial charge is 0.339 e. The number of hydrogen-bond donors (Lipinski definition) is 1. The molecule has 0 radical (unpaired) electrons. The second-order valence-corrected chi connectivity index (χ2v) is 5.09. The van der Waals surface area contributed by atoms with Crippen LogP contribution in [0.1, 0.15) is 41.4 Å². The fourth-order valence-corrected chi connectivity index (χ4v) is 2.09. The Kier molecular flexibility index (Phi) is 3.42. The lowest BCUT2D eigenvalue weighted by molar-refractivity contribution is 0.0697. The molecule has 0 aliphatic rings. The molecule has 0 bridgehead atoms. The Bertz CT molecular complexity index is 627. The van der Waals surface area contributed by atoms with Gasteiger partial charge in [0, 0.05) is 17.8 Å². The molecule has 19 heavy (non-hydrogen) atoms. The minimum Gasteiger partial charge on any atom is -0.478 e. The van der Waals surface area contributed by atoms with Gasteiger partial charge in [0.2, 0.25) is 0 Å². The van der Waals surface area contributed by atoms with Gasteiger partial charge in [0.1, 0.15) is 11.3 Å². The second-order valence-electron chi connectivity index (χ2n) is 5.09. The van der Waals surface area contributed by atoms with Gasteiger partial charge in [0.15, 0.2) is 0 Å². The number of aromatic carboxylic acids is 1. The molecule has 2 rings (SSSR count). The lowest BCUT2D eigenvalue weighted by Gasteiger charge is -2.06. The molecular weight excluding hydrogens is 240 g/mol. The van der Waals surface area contributed by atoms with Crippen LogP contribution in [0.2, 0.25) is 0 Å². The van der Waals surface area contributed by atoms with Crippen LogP contribution in [0.3, 0.4) is 0 Å². The highest BCUT2D eigenvalue weighted by Crippen LogP contribution is 2.27. The van der Waals surface area contributed by atoms with Gasteiger partial charge in [-0.2, -0.15) is 5.10 Å². The Morgan fingerprint density at radius 2 is 2.00 bits per heavy atom. The van der Waals surface area contributed by atoms with E-state index in [1.165, 1.54) is 0 Å². The fraction of sp³-hybridized carbons (Fsp3) is 0.333. The molecule has 0 saturated heterocycles. The van der Waals surface area contributed by atoms with Gasteiger partial charge in [-0.05, 0) is 33.3 Å². The molecule has 100 valence electrons. The van der Waals surface area contributed by atoms with Crippen LogP contribution in [0.4, 0.5) is 0 Å². The molecule has 0 spiro atoms. The number of carbonyl (C=O) groups is 1. The number of carboxylic acid groups (broad SMARTS) is 1. The molecule has 4 heteroatoms. The summed E-state index contributed by atoms with van der Waals surface area (Å²) in [6.45, 7) is 7.94. The molecule has 1 aromatic carbocycles. The Morgan fingerprint density at radius 1 is 1.32 bits per heavy atom. The highest BCUT2D eigenvalue weighted by Gasteiger charge is 2.19. The predicted molar refractivity (Wildman–Crippen MR) is 74.5 cm³/mol. The summed E-state index contributed by atoms with van der Waals surface area (Å²) in [6.07, 6.45) is 1.60. The Labute approximate surface area is 112 Å². The van der Waals surface area contributed by atoms with Crippen molar-refractivity contribution >= 4 is 5.97 Å². The summed E-state index contributed by atoms with van der Waals surface area (Å²) in [4.78, 5) is 11.4. The van der Waals surface area contributed by atoms with Crippen molar-refractivity contribution in [2.75, 3.05) is 0 Å². The first-order valence-electron chi connectivity index (χ1n) is 6.30. The zero-order valence-electron chi connectivity index (χ0n) is 11.6. The molecule has 1 N–H and O–H groups in total. The molecular formula is C15H18N2O2. The Balaban J connectivity index is 2.63. The van der Waals surface area contributed by atoms with E-state index in [9.17, 15) is 9.90 Å². The molecule has 0 atom stereocenters. The summed E-state index contributed by atoms with van der Waals surface area (Å²) in [5.74, 6) is -0.943. The molecule has 2 aromatic rings. The van der Waals surface area contributed by atoms with Gasteiger partial charge in [-0.25, -0.2) is 4.79 Å². The minimum atomic E-state index is -0.943. The first kappa shape index (κ1) is 13.3. The summed E-state index contributed by atoms with van der Waals surface area (Å²) in [5, 5.41) is 13.7. The molecule has 0 fully saturated rings. The van der Waals surface area contributed by atoms with Crippen LogP contribution in [0.15, 0.2) is 24.4 Å². The van der Waals surface area contributed by atoms with Gasteiger partial charge in [0.05, 0.1) is 0 Å². The fourth-order valence-electron chi connectivity index (χ4n) is 2.09. The molecule has 0 saturated carbocycles. The third-order valence-corrected chi connectivity index (χ3v) is 3.13. The van der Waals surface area contributed by atoms with E-state index in [1.54, 1.807) is 10.9 Å². The monoisotopic (exact) mass is 258 g/mol. The largest absolute Gasteiger partial charge is 0.478 e. The quantitative estimate of drug-likeness (QED) is 0.917. The van der Waals surface area contributed by atoms with Crippen molar-refractivity contribution in [3.05, 3.63) is 41.1 Å². The van der Waals surface area contributed by atoms with Crippen molar-refractivity contribution in [3.63, 3.8) is 0 Å². The van der Waals surface area contributed by atoms with Crippen LogP contribution < -0.4 is 0 Å². The number of carboxylic acids is 1. The van der Waals surface area contributed by atoms with Gasteiger partial charge >= 0.3 is 5.97 Å². The van der Waals surface area contributed by atoms with Crippen molar-refractivity contribution < 1.29 is 9.90 Å². The second kappa shape index (κ2) is 4.88. The number of aryl methyl sites for hydroxylation is 2. The number of nitrogens with zero attached hydrogens (tertiary/aromatic N) is 2. The van der Waals surface area contributed by atoms with E-state index < -0.39 is 5.97 Å². The zero-order chi connectivity index (χ0) is 14.2. The Hall–Kier alpha value is -2.10. The average molecular weight is 258 g/mol. The first-order valence-corrected chi connectivity index (χ1v) is 6.30. The maximum absolute atomic E-state index is 11.4. The number of hydrogen-bond acceptors (Lipinski definition) is 2. The van der Waals surface area contributed by atoms with Gasteiger partial charge in [0.25, 0.3) is 0 Å². The van der Waals surface area contributed by atoms with E-state index in [-0.39, 0.29) is 11.6 Å². The standard InChI is InChI=1S/C15H18N2O2/c1-9(2)17-8-13(15(18)19)14(16-17)12-6-5-10(3)7-11(12)4/h5-9H,1-4H3,(H,18,19). The van der Waals surface area contributed by atoms with E-state index in [0.29, 0.717) is 5.69 Å². The molecule has 4 nitrogen and oxygen atoms in total. The van der Waals surface area contributed by atoms with Gasteiger partial charge in [-0.15, -0.1) is 0 Å². The molecule has 0 aliphatic heterocycles. The first-order chi connectivity index (χ1) is 8.90. The van der Waals surface area contributed by atoms with Crippen molar-refractivity contribution in [3.8, 4) is 11.3 Å². The lowest BCUT2D eigenvalue weighted by atomic mass is 10.0. The normalized spacial score (nSPS) is 11.0. The minimum absolute atomic E-state index is 0.137. The predicted octanol–water partition coefficient (Wildman–Crippen LogP) is 3.45. The SMILES string of the molecule is Cc1ccc(-c2nn(C(C)C)cc2C(=O)O)c(C)c1. The van der Waals surface area contributed by atoms with E-state index in [2.05, 4.69) is 5.10 Å². The molecule has 0 aliphatic carbocycles. The maximum Gasteiger partial charge on any atom is 0.339 e. The third-order valence-electron chi connectivity index (χ3n) is 3.13. The Morgan fingerprint density at radius 3 is 2.53 bits per heavy atom. The zero-order valence-corrected chi connectivity index (χ0v) is 11.6. The van der Waals surface area contributed by atoms with Crippen LogP contribution in [0.25, 0.3) is 11.3 Å². The van der Waals surface area contributed by atoms with Crippen molar-refractivity contribution in [2.24, 2.45) is 0 Å². The van der Waals surface area contributed by atoms with E-state index in [0.717, 1.165) is 16.7 Å². The molecule has 0 amide bonds. The van der Waals surface area contributed by atoms with Crippen LogP contribution in [-0.4, -0.2) is 20.9 Å². The number of benzene rings is 1. The third kappa shape index (κ3) is 2.52. The summed E-state index contributed by atoms with van der Waals surface area (Å²) < 4.78 is 1.69. The molecule has 1 aromatic heterocycles. The van der Waals surface area contributed by atoms with Crippen LogP contribution in [0, 0.1) is 13.8 Å². The summed E-state index contributed by atoms with van der Waals surface area (Å²) in [6, 6.07) is 6.08. The van der Waals surface area contributed by atoms with E-state index >= 15 is 0 Å². The average Bonchev–Trinajstić information content (AvgIpc) is 2.73.